The molecule has 0 saturated heterocycles. The Morgan fingerprint density at radius 2 is 1.88 bits per heavy atom. The van der Waals surface area contributed by atoms with E-state index < -0.39 is 5.97 Å². The number of nitrogens with two attached hydrogens (primary N) is 1. The predicted octanol–water partition coefficient (Wildman–Crippen LogP) is 2.15. The Labute approximate surface area is 151 Å². The standard InChI is InChI=1S/C18H21N5O3/c19-22-12-21-15-5-2-6-16(10-15)23-18(26)20-11-14-4-1-3-13(9-14)7-8-17(24)25/h1-6,9-10,12H,7-8,11,19H2,(H,21,22)(H,24,25)(H2,20,23,26). The fourth-order valence-corrected chi connectivity index (χ4v) is 2.28. The number of carbonyl (C=O) groups excluding carboxylic acids is 1. The van der Waals surface area contributed by atoms with Crippen LogP contribution in [0.3, 0.4) is 0 Å². The van der Waals surface area contributed by atoms with E-state index in [1.165, 1.54) is 6.34 Å². The Balaban J connectivity index is 1.88. The number of hydrazine groups is 1. The molecule has 26 heavy (non-hydrogen) atoms. The highest BCUT2D eigenvalue weighted by atomic mass is 16.4. The molecule has 0 atom stereocenters. The normalized spacial score (nSPS) is 10.5. The number of aliphatic carboxylic acids is 1. The van der Waals surface area contributed by atoms with Crippen LogP contribution in [0.15, 0.2) is 53.5 Å². The molecule has 0 bridgehead atoms. The largest absolute Gasteiger partial charge is 0.481 e. The van der Waals surface area contributed by atoms with Crippen molar-refractivity contribution in [1.29, 1.82) is 0 Å². The third kappa shape index (κ3) is 6.62. The number of carbonyl (C=O) groups is 2. The topological polar surface area (TPSA) is 129 Å². The highest BCUT2D eigenvalue weighted by Gasteiger charge is 2.04. The van der Waals surface area contributed by atoms with Crippen LogP contribution in [-0.4, -0.2) is 23.4 Å². The summed E-state index contributed by atoms with van der Waals surface area (Å²) in [5.74, 6) is 4.29. The molecule has 2 amide bonds. The second-order valence-electron chi connectivity index (χ2n) is 5.50. The van der Waals surface area contributed by atoms with E-state index in [4.69, 9.17) is 10.9 Å². The summed E-state index contributed by atoms with van der Waals surface area (Å²) in [6, 6.07) is 14.1. The van der Waals surface area contributed by atoms with Crippen LogP contribution in [0.2, 0.25) is 0 Å². The van der Waals surface area contributed by atoms with Crippen molar-refractivity contribution in [3.63, 3.8) is 0 Å². The van der Waals surface area contributed by atoms with Gasteiger partial charge in [0.15, 0.2) is 0 Å². The predicted molar refractivity (Wildman–Crippen MR) is 100 cm³/mol. The monoisotopic (exact) mass is 355 g/mol. The second-order valence-corrected chi connectivity index (χ2v) is 5.50. The lowest BCUT2D eigenvalue weighted by Gasteiger charge is -2.09. The molecular formula is C18H21N5O3. The number of aliphatic imine (C=N–C) groups is 1. The van der Waals surface area contributed by atoms with Crippen LogP contribution < -0.4 is 21.9 Å². The average Bonchev–Trinajstić information content (AvgIpc) is 2.64. The van der Waals surface area contributed by atoms with Crippen molar-refractivity contribution in [3.8, 4) is 0 Å². The Hall–Kier alpha value is -3.39. The van der Waals surface area contributed by atoms with E-state index in [1.807, 2.05) is 24.3 Å². The van der Waals surface area contributed by atoms with E-state index in [2.05, 4.69) is 21.1 Å². The molecule has 0 unspecified atom stereocenters. The Bertz CT molecular complexity index is 792. The lowest BCUT2D eigenvalue weighted by Crippen LogP contribution is -2.28. The highest BCUT2D eigenvalue weighted by molar-refractivity contribution is 5.89. The first-order chi connectivity index (χ1) is 12.6. The van der Waals surface area contributed by atoms with Crippen molar-refractivity contribution in [2.75, 3.05) is 5.32 Å². The quantitative estimate of drug-likeness (QED) is 0.214. The first-order valence-electron chi connectivity index (χ1n) is 8.00. The van der Waals surface area contributed by atoms with Crippen LogP contribution in [0.1, 0.15) is 17.5 Å². The molecule has 2 aromatic rings. The third-order valence-electron chi connectivity index (χ3n) is 3.46. The summed E-state index contributed by atoms with van der Waals surface area (Å²) < 4.78 is 0. The fourth-order valence-electron chi connectivity index (χ4n) is 2.28. The maximum absolute atomic E-state index is 12.0. The average molecular weight is 355 g/mol. The number of benzene rings is 2. The molecule has 0 aromatic heterocycles. The maximum Gasteiger partial charge on any atom is 0.319 e. The van der Waals surface area contributed by atoms with E-state index in [1.54, 1.807) is 24.3 Å². The van der Waals surface area contributed by atoms with Gasteiger partial charge in [0.2, 0.25) is 0 Å². The Kier molecular flexibility index (Phi) is 7.14. The Morgan fingerprint density at radius 3 is 2.65 bits per heavy atom. The number of carboxylic acid groups (broad SMARTS) is 1. The molecule has 136 valence electrons. The van der Waals surface area contributed by atoms with Gasteiger partial charge in [-0.3, -0.25) is 4.79 Å². The summed E-state index contributed by atoms with van der Waals surface area (Å²) in [4.78, 5) is 26.7. The molecule has 0 fully saturated rings. The third-order valence-corrected chi connectivity index (χ3v) is 3.46. The van der Waals surface area contributed by atoms with Gasteiger partial charge in [-0.05, 0) is 35.7 Å². The molecule has 6 N–H and O–H groups in total. The molecule has 0 aliphatic carbocycles. The van der Waals surface area contributed by atoms with Gasteiger partial charge in [0.1, 0.15) is 6.34 Å². The summed E-state index contributed by atoms with van der Waals surface area (Å²) in [5, 5.41) is 14.2. The molecule has 8 heteroatoms. The minimum absolute atomic E-state index is 0.0792. The lowest BCUT2D eigenvalue weighted by molar-refractivity contribution is -0.136. The van der Waals surface area contributed by atoms with E-state index in [0.29, 0.717) is 24.3 Å². The number of urea groups is 1. The van der Waals surface area contributed by atoms with Gasteiger partial charge in [-0.2, -0.15) is 0 Å². The van der Waals surface area contributed by atoms with Crippen molar-refractivity contribution in [1.82, 2.24) is 10.7 Å². The molecule has 2 aromatic carbocycles. The number of carboxylic acids is 1. The zero-order valence-electron chi connectivity index (χ0n) is 14.1. The minimum Gasteiger partial charge on any atom is -0.481 e. The summed E-state index contributed by atoms with van der Waals surface area (Å²) in [5.41, 5.74) is 5.38. The van der Waals surface area contributed by atoms with Gasteiger partial charge in [0.25, 0.3) is 0 Å². The van der Waals surface area contributed by atoms with Crippen LogP contribution in [0.4, 0.5) is 16.2 Å². The van der Waals surface area contributed by atoms with Gasteiger partial charge < -0.3 is 21.2 Å². The van der Waals surface area contributed by atoms with Gasteiger partial charge >= 0.3 is 12.0 Å². The van der Waals surface area contributed by atoms with E-state index >= 15 is 0 Å². The number of aryl methyl sites for hydroxylation is 1. The number of hydrogen-bond acceptors (Lipinski definition) is 4. The maximum atomic E-state index is 12.0. The summed E-state index contributed by atoms with van der Waals surface area (Å²) in [6.45, 7) is 0.335. The number of nitrogens with one attached hydrogen (secondary N) is 3. The number of anilines is 1. The highest BCUT2D eigenvalue weighted by Crippen LogP contribution is 2.17. The fraction of sp³-hybridized carbons (Fsp3) is 0.167. The number of nitrogens with zero attached hydrogens (tertiary/aromatic N) is 1. The SMILES string of the molecule is NNC=Nc1cccc(NC(=O)NCc2cccc(CCC(=O)O)c2)c1. The van der Waals surface area contributed by atoms with Crippen LogP contribution in [0.5, 0.6) is 0 Å². The molecule has 0 heterocycles. The van der Waals surface area contributed by atoms with Crippen molar-refractivity contribution in [3.05, 3.63) is 59.7 Å². The zero-order chi connectivity index (χ0) is 18.8. The number of hydrogen-bond donors (Lipinski definition) is 5. The van der Waals surface area contributed by atoms with Gasteiger partial charge in [-0.15, -0.1) is 0 Å². The van der Waals surface area contributed by atoms with Gasteiger partial charge in [-0.25, -0.2) is 15.6 Å². The molecule has 0 aliphatic rings. The molecule has 0 saturated carbocycles. The van der Waals surface area contributed by atoms with Crippen molar-refractivity contribution < 1.29 is 14.7 Å². The van der Waals surface area contributed by atoms with Crippen LogP contribution in [0, 0.1) is 0 Å². The van der Waals surface area contributed by atoms with Gasteiger partial charge in [0, 0.05) is 18.7 Å². The van der Waals surface area contributed by atoms with Crippen molar-refractivity contribution >= 4 is 29.7 Å². The molecule has 0 aliphatic heterocycles. The molecule has 8 nitrogen and oxygen atoms in total. The summed E-state index contributed by atoms with van der Waals surface area (Å²) >= 11 is 0. The second kappa shape index (κ2) is 9.80. The smallest absolute Gasteiger partial charge is 0.319 e. The minimum atomic E-state index is -0.832. The molecule has 2 rings (SSSR count). The first-order valence-corrected chi connectivity index (χ1v) is 8.00. The lowest BCUT2D eigenvalue weighted by atomic mass is 10.1. The van der Waals surface area contributed by atoms with E-state index in [9.17, 15) is 9.59 Å². The zero-order valence-corrected chi connectivity index (χ0v) is 14.1. The summed E-state index contributed by atoms with van der Waals surface area (Å²) in [7, 11) is 0. The van der Waals surface area contributed by atoms with Crippen LogP contribution in [0.25, 0.3) is 0 Å². The van der Waals surface area contributed by atoms with Crippen LogP contribution in [-0.2, 0) is 17.8 Å². The Morgan fingerprint density at radius 1 is 1.12 bits per heavy atom. The van der Waals surface area contributed by atoms with Gasteiger partial charge in [-0.1, -0.05) is 30.3 Å². The van der Waals surface area contributed by atoms with Crippen molar-refractivity contribution in [2.24, 2.45) is 10.8 Å². The van der Waals surface area contributed by atoms with E-state index in [0.717, 1.165) is 11.1 Å². The first kappa shape index (κ1) is 18.9. The number of amides is 2. The molecule has 0 radical (unpaired) electrons. The van der Waals surface area contributed by atoms with E-state index in [-0.39, 0.29) is 12.5 Å². The summed E-state index contributed by atoms with van der Waals surface area (Å²) in [6.07, 6.45) is 1.88. The molecule has 0 spiro atoms. The molecular weight excluding hydrogens is 334 g/mol. The van der Waals surface area contributed by atoms with Crippen LogP contribution >= 0.6 is 0 Å². The van der Waals surface area contributed by atoms with Crippen molar-refractivity contribution in [2.45, 2.75) is 19.4 Å². The van der Waals surface area contributed by atoms with Gasteiger partial charge in [0.05, 0.1) is 5.69 Å². The number of rotatable bonds is 8.